The predicted octanol–water partition coefficient (Wildman–Crippen LogP) is 2.57. The van der Waals surface area contributed by atoms with Crippen LogP contribution in [-0.4, -0.2) is 32.5 Å². The molecule has 21 heavy (non-hydrogen) atoms. The zero-order chi connectivity index (χ0) is 15.6. The van der Waals surface area contributed by atoms with Gasteiger partial charge in [0.25, 0.3) is 0 Å². The van der Waals surface area contributed by atoms with E-state index in [-0.39, 0.29) is 12.0 Å². The Labute approximate surface area is 129 Å². The van der Waals surface area contributed by atoms with Gasteiger partial charge in [-0.05, 0) is 62.8 Å². The zero-order valence-electron chi connectivity index (χ0n) is 13.6. The zero-order valence-corrected chi connectivity index (χ0v) is 14.4. The van der Waals surface area contributed by atoms with Gasteiger partial charge in [0.15, 0.2) is 9.84 Å². The largest absolute Gasteiger partial charge is 0.314 e. The highest BCUT2D eigenvalue weighted by molar-refractivity contribution is 7.91. The van der Waals surface area contributed by atoms with Crippen molar-refractivity contribution < 1.29 is 8.42 Å². The van der Waals surface area contributed by atoms with Gasteiger partial charge in [0.1, 0.15) is 0 Å². The van der Waals surface area contributed by atoms with Crippen molar-refractivity contribution in [2.75, 3.05) is 18.1 Å². The first-order valence-corrected chi connectivity index (χ1v) is 9.65. The maximum absolute atomic E-state index is 11.8. The molecule has 0 bridgehead atoms. The van der Waals surface area contributed by atoms with E-state index in [2.05, 4.69) is 45.1 Å². The van der Waals surface area contributed by atoms with E-state index in [0.717, 1.165) is 19.4 Å². The predicted molar refractivity (Wildman–Crippen MR) is 88.6 cm³/mol. The van der Waals surface area contributed by atoms with Crippen LogP contribution in [0.25, 0.3) is 0 Å². The lowest BCUT2D eigenvalue weighted by Gasteiger charge is -2.25. The van der Waals surface area contributed by atoms with Crippen LogP contribution in [0.2, 0.25) is 0 Å². The van der Waals surface area contributed by atoms with Crippen LogP contribution in [0.1, 0.15) is 35.6 Å². The first-order valence-electron chi connectivity index (χ1n) is 7.83. The second-order valence-corrected chi connectivity index (χ2v) is 8.64. The summed E-state index contributed by atoms with van der Waals surface area (Å²) in [4.78, 5) is 0. The van der Waals surface area contributed by atoms with Crippen molar-refractivity contribution in [3.63, 3.8) is 0 Å². The third kappa shape index (κ3) is 4.07. The van der Waals surface area contributed by atoms with Crippen molar-refractivity contribution in [3.05, 3.63) is 34.4 Å². The standard InChI is InChI=1S/C17H27NO2S/c1-5-18-17(15-6-7-21(19,20)11-15)10-16-13(3)8-12(2)9-14(16)4/h8-9,15,17-18H,5-7,10-11H2,1-4H3. The van der Waals surface area contributed by atoms with Crippen LogP contribution in [-0.2, 0) is 16.3 Å². The van der Waals surface area contributed by atoms with Crippen molar-refractivity contribution in [2.24, 2.45) is 5.92 Å². The molecule has 1 aromatic carbocycles. The summed E-state index contributed by atoms with van der Waals surface area (Å²) in [5.41, 5.74) is 5.29. The van der Waals surface area contributed by atoms with Gasteiger partial charge in [-0.1, -0.05) is 24.6 Å². The van der Waals surface area contributed by atoms with E-state index in [4.69, 9.17) is 0 Å². The van der Waals surface area contributed by atoms with Crippen molar-refractivity contribution in [1.82, 2.24) is 5.32 Å². The summed E-state index contributed by atoms with van der Waals surface area (Å²) in [6.07, 6.45) is 1.72. The lowest BCUT2D eigenvalue weighted by Crippen LogP contribution is -2.39. The van der Waals surface area contributed by atoms with Gasteiger partial charge in [-0.15, -0.1) is 0 Å². The topological polar surface area (TPSA) is 46.2 Å². The molecule has 2 rings (SSSR count). The third-order valence-electron chi connectivity index (χ3n) is 4.57. The number of hydrogen-bond donors (Lipinski definition) is 1. The molecule has 1 N–H and O–H groups in total. The molecule has 0 aliphatic carbocycles. The van der Waals surface area contributed by atoms with Gasteiger partial charge in [-0.25, -0.2) is 8.42 Å². The Morgan fingerprint density at radius 1 is 1.24 bits per heavy atom. The van der Waals surface area contributed by atoms with Crippen LogP contribution in [0, 0.1) is 26.7 Å². The molecule has 2 unspecified atom stereocenters. The van der Waals surface area contributed by atoms with Crippen molar-refractivity contribution in [3.8, 4) is 0 Å². The molecular weight excluding hydrogens is 282 g/mol. The minimum absolute atomic E-state index is 0.245. The molecule has 0 radical (unpaired) electrons. The van der Waals surface area contributed by atoms with Gasteiger partial charge in [0.05, 0.1) is 11.5 Å². The quantitative estimate of drug-likeness (QED) is 0.909. The molecule has 0 spiro atoms. The normalized spacial score (nSPS) is 22.4. The smallest absolute Gasteiger partial charge is 0.150 e. The van der Waals surface area contributed by atoms with E-state index >= 15 is 0 Å². The summed E-state index contributed by atoms with van der Waals surface area (Å²) in [6, 6.07) is 4.69. The summed E-state index contributed by atoms with van der Waals surface area (Å²) in [5.74, 6) is 0.940. The molecule has 1 aromatic rings. The van der Waals surface area contributed by atoms with Gasteiger partial charge < -0.3 is 5.32 Å². The van der Waals surface area contributed by atoms with Crippen molar-refractivity contribution in [1.29, 1.82) is 0 Å². The SMILES string of the molecule is CCNC(Cc1c(C)cc(C)cc1C)C1CCS(=O)(=O)C1. The van der Waals surface area contributed by atoms with Crippen LogP contribution in [0.4, 0.5) is 0 Å². The van der Waals surface area contributed by atoms with Gasteiger partial charge in [0, 0.05) is 6.04 Å². The Balaban J connectivity index is 2.21. The monoisotopic (exact) mass is 309 g/mol. The first kappa shape index (κ1) is 16.5. The van der Waals surface area contributed by atoms with Crippen LogP contribution in [0.15, 0.2) is 12.1 Å². The van der Waals surface area contributed by atoms with E-state index in [1.54, 1.807) is 0 Å². The van der Waals surface area contributed by atoms with Crippen molar-refractivity contribution in [2.45, 2.75) is 46.6 Å². The number of benzene rings is 1. The fraction of sp³-hybridized carbons (Fsp3) is 0.647. The summed E-state index contributed by atoms with van der Waals surface area (Å²) < 4.78 is 23.5. The molecule has 0 aromatic heterocycles. The number of rotatable bonds is 5. The Bertz CT molecular complexity index is 584. The number of nitrogens with one attached hydrogen (secondary N) is 1. The van der Waals surface area contributed by atoms with Crippen molar-refractivity contribution >= 4 is 9.84 Å². The van der Waals surface area contributed by atoms with E-state index in [9.17, 15) is 8.42 Å². The molecule has 1 aliphatic heterocycles. The average Bonchev–Trinajstić information content (AvgIpc) is 2.72. The molecule has 1 fully saturated rings. The van der Waals surface area contributed by atoms with Crippen LogP contribution in [0.5, 0.6) is 0 Å². The number of aryl methyl sites for hydroxylation is 3. The van der Waals surface area contributed by atoms with Crippen LogP contribution >= 0.6 is 0 Å². The molecule has 2 atom stereocenters. The second kappa shape index (κ2) is 6.49. The molecule has 1 saturated heterocycles. The van der Waals surface area contributed by atoms with Gasteiger partial charge in [-0.2, -0.15) is 0 Å². The van der Waals surface area contributed by atoms with Gasteiger partial charge in [0.2, 0.25) is 0 Å². The maximum atomic E-state index is 11.8. The fourth-order valence-corrected chi connectivity index (χ4v) is 5.44. The Morgan fingerprint density at radius 3 is 2.33 bits per heavy atom. The fourth-order valence-electron chi connectivity index (χ4n) is 3.56. The number of likely N-dealkylation sites (N-methyl/N-ethyl adjacent to an activating group) is 1. The molecular formula is C17H27NO2S. The minimum Gasteiger partial charge on any atom is -0.314 e. The second-order valence-electron chi connectivity index (χ2n) is 6.41. The Hall–Kier alpha value is -0.870. The molecule has 0 amide bonds. The summed E-state index contributed by atoms with van der Waals surface area (Å²) in [5, 5.41) is 3.52. The van der Waals surface area contributed by atoms with Crippen LogP contribution in [0.3, 0.4) is 0 Å². The van der Waals surface area contributed by atoms with E-state index < -0.39 is 9.84 Å². The third-order valence-corrected chi connectivity index (χ3v) is 6.36. The highest BCUT2D eigenvalue weighted by atomic mass is 32.2. The number of sulfone groups is 1. The highest BCUT2D eigenvalue weighted by Crippen LogP contribution is 2.26. The molecule has 118 valence electrons. The molecule has 4 heteroatoms. The Morgan fingerprint density at radius 2 is 1.86 bits per heavy atom. The number of hydrogen-bond acceptors (Lipinski definition) is 3. The first-order chi connectivity index (χ1) is 9.82. The minimum atomic E-state index is -2.82. The van der Waals surface area contributed by atoms with Crippen LogP contribution < -0.4 is 5.32 Å². The lowest BCUT2D eigenvalue weighted by molar-refractivity contribution is 0.385. The summed E-state index contributed by atoms with van der Waals surface area (Å²) in [7, 11) is -2.82. The van der Waals surface area contributed by atoms with E-state index in [1.165, 1.54) is 22.3 Å². The van der Waals surface area contributed by atoms with E-state index in [1.807, 2.05) is 0 Å². The molecule has 3 nitrogen and oxygen atoms in total. The Kier molecular flexibility index (Phi) is 5.10. The maximum Gasteiger partial charge on any atom is 0.150 e. The van der Waals surface area contributed by atoms with Gasteiger partial charge >= 0.3 is 0 Å². The highest BCUT2D eigenvalue weighted by Gasteiger charge is 2.33. The average molecular weight is 309 g/mol. The molecule has 1 aliphatic rings. The van der Waals surface area contributed by atoms with Gasteiger partial charge in [-0.3, -0.25) is 0 Å². The molecule has 0 saturated carbocycles. The molecule has 1 heterocycles. The lowest BCUT2D eigenvalue weighted by atomic mass is 9.88. The summed E-state index contributed by atoms with van der Waals surface area (Å²) in [6.45, 7) is 9.40. The summed E-state index contributed by atoms with van der Waals surface area (Å²) >= 11 is 0. The van der Waals surface area contributed by atoms with E-state index in [0.29, 0.717) is 11.5 Å².